The molecular weight excluding hydrogens is 326 g/mol. The SMILES string of the molecule is Cc1ccc(NC(=O)C2CCCC(N)C2)cc1OCC(F)F.Cl. The van der Waals surface area contributed by atoms with Crippen molar-refractivity contribution < 1.29 is 18.3 Å². The van der Waals surface area contributed by atoms with Gasteiger partial charge in [-0.25, -0.2) is 8.78 Å². The lowest BCUT2D eigenvalue weighted by Gasteiger charge is -2.25. The first kappa shape index (κ1) is 19.6. The molecule has 0 heterocycles. The minimum Gasteiger partial charge on any atom is -0.487 e. The van der Waals surface area contributed by atoms with E-state index < -0.39 is 13.0 Å². The number of nitrogens with two attached hydrogens (primary N) is 1. The molecule has 0 bridgehead atoms. The number of carbonyl (C=O) groups is 1. The minimum atomic E-state index is -2.53. The Hall–Kier alpha value is -1.40. The van der Waals surface area contributed by atoms with Gasteiger partial charge in [0.15, 0.2) is 0 Å². The number of alkyl halides is 2. The van der Waals surface area contributed by atoms with Gasteiger partial charge in [-0.15, -0.1) is 12.4 Å². The van der Waals surface area contributed by atoms with Crippen LogP contribution in [0.1, 0.15) is 31.2 Å². The zero-order chi connectivity index (χ0) is 16.1. The molecule has 0 radical (unpaired) electrons. The van der Waals surface area contributed by atoms with Crippen molar-refractivity contribution in [1.82, 2.24) is 0 Å². The zero-order valence-corrected chi connectivity index (χ0v) is 13.9. The molecule has 0 aliphatic heterocycles. The molecule has 1 fully saturated rings. The number of amides is 1. The molecule has 1 aromatic carbocycles. The van der Waals surface area contributed by atoms with E-state index in [0.29, 0.717) is 17.9 Å². The number of anilines is 1. The summed E-state index contributed by atoms with van der Waals surface area (Å²) in [5.74, 6) is 0.202. The highest BCUT2D eigenvalue weighted by Gasteiger charge is 2.25. The fourth-order valence-electron chi connectivity index (χ4n) is 2.70. The molecule has 0 spiro atoms. The summed E-state index contributed by atoms with van der Waals surface area (Å²) in [6.45, 7) is 1.11. The number of carbonyl (C=O) groups excluding carboxylic acids is 1. The van der Waals surface area contributed by atoms with Gasteiger partial charge in [0.25, 0.3) is 6.43 Å². The number of benzene rings is 1. The number of aryl methyl sites for hydroxylation is 1. The predicted molar refractivity (Wildman–Crippen MR) is 88.5 cm³/mol. The number of hydrogen-bond donors (Lipinski definition) is 2. The van der Waals surface area contributed by atoms with E-state index in [4.69, 9.17) is 10.5 Å². The van der Waals surface area contributed by atoms with Crippen LogP contribution in [0.25, 0.3) is 0 Å². The van der Waals surface area contributed by atoms with Crippen LogP contribution < -0.4 is 15.8 Å². The molecule has 1 aliphatic rings. The number of ether oxygens (including phenoxy) is 1. The Morgan fingerprint density at radius 2 is 2.17 bits per heavy atom. The molecular formula is C16H23ClF2N2O2. The highest BCUT2D eigenvalue weighted by Crippen LogP contribution is 2.27. The Balaban J connectivity index is 0.00000264. The van der Waals surface area contributed by atoms with Crippen molar-refractivity contribution >= 4 is 24.0 Å². The molecule has 2 atom stereocenters. The maximum atomic E-state index is 12.2. The second kappa shape index (κ2) is 9.03. The number of nitrogens with one attached hydrogen (secondary N) is 1. The van der Waals surface area contributed by atoms with Crippen molar-refractivity contribution in [2.75, 3.05) is 11.9 Å². The highest BCUT2D eigenvalue weighted by molar-refractivity contribution is 5.92. The first-order valence-corrected chi connectivity index (χ1v) is 7.53. The Kier molecular flexibility index (Phi) is 7.72. The lowest BCUT2D eigenvalue weighted by Crippen LogP contribution is -2.34. The number of rotatable bonds is 5. The summed E-state index contributed by atoms with van der Waals surface area (Å²) < 4.78 is 29.5. The van der Waals surface area contributed by atoms with Crippen molar-refractivity contribution in [3.63, 3.8) is 0 Å². The normalized spacial score (nSPS) is 20.7. The van der Waals surface area contributed by atoms with Crippen molar-refractivity contribution in [3.05, 3.63) is 23.8 Å². The molecule has 1 aliphatic carbocycles. The standard InChI is InChI=1S/C16H22F2N2O2.ClH/c1-10-5-6-13(8-14(10)22-9-15(17)18)20-16(21)11-3-2-4-12(19)7-11;/h5-6,8,11-12,15H,2-4,7,9,19H2,1H3,(H,20,21);1H. The summed E-state index contributed by atoms with van der Waals surface area (Å²) in [4.78, 5) is 12.2. The van der Waals surface area contributed by atoms with Gasteiger partial charge in [0.1, 0.15) is 12.4 Å². The Labute approximate surface area is 141 Å². The summed E-state index contributed by atoms with van der Waals surface area (Å²) in [6.07, 6.45) is 0.906. The molecule has 1 amide bonds. The van der Waals surface area contributed by atoms with E-state index in [2.05, 4.69) is 5.32 Å². The van der Waals surface area contributed by atoms with Gasteiger partial charge < -0.3 is 15.8 Å². The maximum absolute atomic E-state index is 12.2. The van der Waals surface area contributed by atoms with Crippen LogP contribution in [-0.4, -0.2) is 25.0 Å². The molecule has 1 saturated carbocycles. The Morgan fingerprint density at radius 1 is 1.43 bits per heavy atom. The fraction of sp³-hybridized carbons (Fsp3) is 0.562. The van der Waals surface area contributed by atoms with Crippen molar-refractivity contribution in [3.8, 4) is 5.75 Å². The topological polar surface area (TPSA) is 64.4 Å². The smallest absolute Gasteiger partial charge is 0.272 e. The number of halogens is 3. The summed E-state index contributed by atoms with van der Waals surface area (Å²) in [6, 6.07) is 5.14. The molecule has 4 nitrogen and oxygen atoms in total. The van der Waals surface area contributed by atoms with Crippen LogP contribution in [-0.2, 0) is 4.79 Å². The quantitative estimate of drug-likeness (QED) is 0.855. The van der Waals surface area contributed by atoms with E-state index >= 15 is 0 Å². The second-order valence-electron chi connectivity index (χ2n) is 5.80. The van der Waals surface area contributed by atoms with Gasteiger partial charge in [0.2, 0.25) is 5.91 Å². The average molecular weight is 349 g/mol. The summed E-state index contributed by atoms with van der Waals surface area (Å²) in [7, 11) is 0. The summed E-state index contributed by atoms with van der Waals surface area (Å²) >= 11 is 0. The van der Waals surface area contributed by atoms with Gasteiger partial charge >= 0.3 is 0 Å². The van der Waals surface area contributed by atoms with Gasteiger partial charge in [-0.2, -0.15) is 0 Å². The monoisotopic (exact) mass is 348 g/mol. The van der Waals surface area contributed by atoms with Gasteiger partial charge in [-0.3, -0.25) is 4.79 Å². The van der Waals surface area contributed by atoms with Gasteiger partial charge in [-0.05, 0) is 37.8 Å². The summed E-state index contributed by atoms with van der Waals surface area (Å²) in [5, 5.41) is 2.83. The third-order valence-electron chi connectivity index (χ3n) is 3.91. The lowest BCUT2D eigenvalue weighted by atomic mass is 9.85. The van der Waals surface area contributed by atoms with E-state index in [1.54, 1.807) is 25.1 Å². The van der Waals surface area contributed by atoms with Gasteiger partial charge in [-0.1, -0.05) is 12.5 Å². The van der Waals surface area contributed by atoms with E-state index in [1.807, 2.05) is 0 Å². The van der Waals surface area contributed by atoms with Gasteiger partial charge in [0.05, 0.1) is 0 Å². The zero-order valence-electron chi connectivity index (χ0n) is 13.1. The average Bonchev–Trinajstić information content (AvgIpc) is 2.47. The second-order valence-corrected chi connectivity index (χ2v) is 5.80. The van der Waals surface area contributed by atoms with Crippen LogP contribution in [0.15, 0.2) is 18.2 Å². The Morgan fingerprint density at radius 3 is 2.83 bits per heavy atom. The molecule has 130 valence electrons. The third kappa shape index (κ3) is 5.95. The Bertz CT molecular complexity index is 529. The lowest BCUT2D eigenvalue weighted by molar-refractivity contribution is -0.120. The predicted octanol–water partition coefficient (Wildman–Crippen LogP) is 3.52. The van der Waals surface area contributed by atoms with E-state index in [9.17, 15) is 13.6 Å². The van der Waals surface area contributed by atoms with Crippen LogP contribution in [0.4, 0.5) is 14.5 Å². The van der Waals surface area contributed by atoms with Crippen LogP contribution in [0.3, 0.4) is 0 Å². The van der Waals surface area contributed by atoms with E-state index in [0.717, 1.165) is 24.8 Å². The third-order valence-corrected chi connectivity index (χ3v) is 3.91. The maximum Gasteiger partial charge on any atom is 0.272 e. The van der Waals surface area contributed by atoms with Crippen LogP contribution in [0, 0.1) is 12.8 Å². The van der Waals surface area contributed by atoms with Crippen molar-refractivity contribution in [2.45, 2.75) is 45.1 Å². The molecule has 2 unspecified atom stereocenters. The molecule has 3 N–H and O–H groups in total. The molecule has 1 aromatic rings. The molecule has 2 rings (SSSR count). The van der Waals surface area contributed by atoms with E-state index in [1.165, 1.54) is 0 Å². The molecule has 0 aromatic heterocycles. The van der Waals surface area contributed by atoms with E-state index in [-0.39, 0.29) is 30.3 Å². The molecule has 0 saturated heterocycles. The largest absolute Gasteiger partial charge is 0.487 e. The van der Waals surface area contributed by atoms with Crippen LogP contribution in [0.5, 0.6) is 5.75 Å². The minimum absolute atomic E-state index is 0. The first-order valence-electron chi connectivity index (χ1n) is 7.53. The van der Waals surface area contributed by atoms with Gasteiger partial charge in [0, 0.05) is 23.7 Å². The van der Waals surface area contributed by atoms with Crippen molar-refractivity contribution in [1.29, 1.82) is 0 Å². The summed E-state index contributed by atoms with van der Waals surface area (Å²) in [5.41, 5.74) is 7.20. The highest BCUT2D eigenvalue weighted by atomic mass is 35.5. The fourth-order valence-corrected chi connectivity index (χ4v) is 2.70. The van der Waals surface area contributed by atoms with Crippen LogP contribution >= 0.6 is 12.4 Å². The van der Waals surface area contributed by atoms with Crippen LogP contribution in [0.2, 0.25) is 0 Å². The first-order chi connectivity index (χ1) is 10.5. The molecule has 7 heteroatoms. The molecule has 23 heavy (non-hydrogen) atoms. The number of hydrogen-bond acceptors (Lipinski definition) is 3. The van der Waals surface area contributed by atoms with Crippen molar-refractivity contribution in [2.24, 2.45) is 11.7 Å².